The molecule has 2 aliphatic rings. The van der Waals surface area contributed by atoms with E-state index in [1.807, 2.05) is 18.7 Å². The van der Waals surface area contributed by atoms with E-state index in [0.717, 1.165) is 19.6 Å². The third kappa shape index (κ3) is 4.05. The molecule has 0 bridgehead atoms. The molecule has 1 saturated heterocycles. The van der Waals surface area contributed by atoms with E-state index in [4.69, 9.17) is 4.74 Å². The molecule has 2 heterocycles. The van der Waals surface area contributed by atoms with Crippen LogP contribution in [-0.2, 0) is 16.1 Å². The summed E-state index contributed by atoms with van der Waals surface area (Å²) in [6.07, 6.45) is 2.75. The highest BCUT2D eigenvalue weighted by atomic mass is 32.1. The second-order valence-corrected chi connectivity index (χ2v) is 7.30. The fourth-order valence-corrected chi connectivity index (χ4v) is 3.74. The van der Waals surface area contributed by atoms with Crippen molar-refractivity contribution in [3.63, 3.8) is 0 Å². The summed E-state index contributed by atoms with van der Waals surface area (Å²) in [5, 5.41) is 2.10. The smallest absolute Gasteiger partial charge is 0.236 e. The van der Waals surface area contributed by atoms with Gasteiger partial charge in [-0.05, 0) is 38.1 Å². The van der Waals surface area contributed by atoms with Gasteiger partial charge in [-0.1, -0.05) is 6.07 Å². The van der Waals surface area contributed by atoms with Crippen LogP contribution in [0.3, 0.4) is 0 Å². The molecule has 5 heteroatoms. The van der Waals surface area contributed by atoms with Crippen LogP contribution >= 0.6 is 11.3 Å². The predicted molar refractivity (Wildman–Crippen MR) is 84.3 cm³/mol. The van der Waals surface area contributed by atoms with Gasteiger partial charge >= 0.3 is 0 Å². The Morgan fingerprint density at radius 2 is 2.10 bits per heavy atom. The minimum absolute atomic E-state index is 0.143. The number of hydrogen-bond acceptors (Lipinski definition) is 4. The molecule has 1 aromatic rings. The van der Waals surface area contributed by atoms with Crippen molar-refractivity contribution in [1.29, 1.82) is 0 Å². The van der Waals surface area contributed by atoms with Gasteiger partial charge in [0, 0.05) is 30.6 Å². The molecule has 3 rings (SSSR count). The first kappa shape index (κ1) is 15.0. The summed E-state index contributed by atoms with van der Waals surface area (Å²) in [6.45, 7) is 6.98. The first-order chi connectivity index (χ1) is 10.1. The standard InChI is InChI=1S/C16H24N2O2S/c1-12-8-18(9-13(2)20-12)16(19)11-17(14-5-6-14)10-15-4-3-7-21-15/h3-4,7,12-14H,5-6,8-11H2,1-2H3. The molecule has 116 valence electrons. The minimum atomic E-state index is 0.143. The zero-order valence-electron chi connectivity index (χ0n) is 12.8. The highest BCUT2D eigenvalue weighted by Crippen LogP contribution is 2.29. The van der Waals surface area contributed by atoms with Crippen molar-refractivity contribution in [2.75, 3.05) is 19.6 Å². The number of thiophene rings is 1. The third-order valence-corrected chi connectivity index (χ3v) is 4.97. The maximum Gasteiger partial charge on any atom is 0.236 e. The van der Waals surface area contributed by atoms with Crippen LogP contribution in [0, 0.1) is 0 Å². The lowest BCUT2D eigenvalue weighted by Crippen LogP contribution is -2.51. The molecule has 0 aromatic carbocycles. The lowest BCUT2D eigenvalue weighted by atomic mass is 10.2. The van der Waals surface area contributed by atoms with Crippen molar-refractivity contribution in [1.82, 2.24) is 9.80 Å². The number of nitrogens with zero attached hydrogens (tertiary/aromatic N) is 2. The molecule has 2 atom stereocenters. The molecule has 0 radical (unpaired) electrons. The molecule has 21 heavy (non-hydrogen) atoms. The highest BCUT2D eigenvalue weighted by molar-refractivity contribution is 7.09. The average molecular weight is 308 g/mol. The van der Waals surface area contributed by atoms with Gasteiger partial charge in [0.05, 0.1) is 18.8 Å². The van der Waals surface area contributed by atoms with Crippen LogP contribution in [0.2, 0.25) is 0 Å². The zero-order chi connectivity index (χ0) is 14.8. The molecule has 2 unspecified atom stereocenters. The quantitative estimate of drug-likeness (QED) is 0.837. The zero-order valence-corrected chi connectivity index (χ0v) is 13.6. The van der Waals surface area contributed by atoms with Crippen LogP contribution in [0.5, 0.6) is 0 Å². The number of hydrogen-bond donors (Lipinski definition) is 0. The summed E-state index contributed by atoms with van der Waals surface area (Å²) in [7, 11) is 0. The van der Waals surface area contributed by atoms with Crippen LogP contribution in [0.4, 0.5) is 0 Å². The fourth-order valence-electron chi connectivity index (χ4n) is 3.01. The molecule has 2 fully saturated rings. The van der Waals surface area contributed by atoms with Crippen molar-refractivity contribution in [2.24, 2.45) is 0 Å². The van der Waals surface area contributed by atoms with Gasteiger partial charge in [-0.15, -0.1) is 11.3 Å². The predicted octanol–water partition coefficient (Wildman–Crippen LogP) is 2.35. The Morgan fingerprint density at radius 1 is 1.38 bits per heavy atom. The van der Waals surface area contributed by atoms with Crippen LogP contribution in [0.25, 0.3) is 0 Å². The monoisotopic (exact) mass is 308 g/mol. The largest absolute Gasteiger partial charge is 0.372 e. The van der Waals surface area contributed by atoms with Gasteiger partial charge in [0.15, 0.2) is 0 Å². The van der Waals surface area contributed by atoms with Gasteiger partial charge < -0.3 is 9.64 Å². The number of rotatable bonds is 5. The summed E-state index contributed by atoms with van der Waals surface area (Å²) in [5.41, 5.74) is 0. The Kier molecular flexibility index (Phi) is 4.62. The molecular weight excluding hydrogens is 284 g/mol. The first-order valence-electron chi connectivity index (χ1n) is 7.81. The molecule has 1 aliphatic carbocycles. The molecule has 0 N–H and O–H groups in total. The number of carbonyl (C=O) groups is 1. The van der Waals surface area contributed by atoms with Crippen LogP contribution in [0.1, 0.15) is 31.6 Å². The molecule has 1 saturated carbocycles. The number of ether oxygens (including phenoxy) is 1. The van der Waals surface area contributed by atoms with Crippen molar-refractivity contribution in [3.05, 3.63) is 22.4 Å². The van der Waals surface area contributed by atoms with E-state index in [2.05, 4.69) is 22.4 Å². The van der Waals surface area contributed by atoms with Gasteiger partial charge in [0.1, 0.15) is 0 Å². The Morgan fingerprint density at radius 3 is 2.67 bits per heavy atom. The van der Waals surface area contributed by atoms with Crippen molar-refractivity contribution in [3.8, 4) is 0 Å². The normalized spacial score (nSPS) is 26.3. The van der Waals surface area contributed by atoms with E-state index >= 15 is 0 Å². The van der Waals surface area contributed by atoms with E-state index < -0.39 is 0 Å². The Bertz CT molecular complexity index is 463. The second-order valence-electron chi connectivity index (χ2n) is 6.27. The van der Waals surface area contributed by atoms with Crippen molar-refractivity contribution < 1.29 is 9.53 Å². The maximum absolute atomic E-state index is 12.6. The van der Waals surface area contributed by atoms with E-state index in [-0.39, 0.29) is 18.1 Å². The van der Waals surface area contributed by atoms with Gasteiger partial charge in [0.25, 0.3) is 0 Å². The van der Waals surface area contributed by atoms with Crippen LogP contribution in [0.15, 0.2) is 17.5 Å². The van der Waals surface area contributed by atoms with Crippen molar-refractivity contribution >= 4 is 17.2 Å². The summed E-state index contributed by atoms with van der Waals surface area (Å²) in [5.74, 6) is 0.250. The summed E-state index contributed by atoms with van der Waals surface area (Å²) >= 11 is 1.77. The van der Waals surface area contributed by atoms with E-state index in [1.54, 1.807) is 11.3 Å². The highest BCUT2D eigenvalue weighted by Gasteiger charge is 2.33. The lowest BCUT2D eigenvalue weighted by Gasteiger charge is -2.36. The van der Waals surface area contributed by atoms with Crippen LogP contribution in [-0.4, -0.2) is 53.6 Å². The second kappa shape index (κ2) is 6.46. The van der Waals surface area contributed by atoms with Gasteiger partial charge in [-0.3, -0.25) is 9.69 Å². The van der Waals surface area contributed by atoms with Crippen LogP contribution < -0.4 is 0 Å². The van der Waals surface area contributed by atoms with Gasteiger partial charge in [-0.2, -0.15) is 0 Å². The van der Waals surface area contributed by atoms with Gasteiger partial charge in [-0.25, -0.2) is 0 Å². The van der Waals surface area contributed by atoms with E-state index in [1.165, 1.54) is 17.7 Å². The fraction of sp³-hybridized carbons (Fsp3) is 0.688. The Labute approximate surface area is 130 Å². The lowest BCUT2D eigenvalue weighted by molar-refractivity contribution is -0.144. The number of amides is 1. The summed E-state index contributed by atoms with van der Waals surface area (Å²) in [6, 6.07) is 4.84. The third-order valence-electron chi connectivity index (χ3n) is 4.11. The topological polar surface area (TPSA) is 32.8 Å². The maximum atomic E-state index is 12.6. The Balaban J connectivity index is 1.58. The van der Waals surface area contributed by atoms with Gasteiger partial charge in [0.2, 0.25) is 5.91 Å². The number of carbonyl (C=O) groups excluding carboxylic acids is 1. The summed E-state index contributed by atoms with van der Waals surface area (Å²) in [4.78, 5) is 18.3. The van der Waals surface area contributed by atoms with E-state index in [0.29, 0.717) is 12.6 Å². The average Bonchev–Trinajstić information content (AvgIpc) is 3.15. The molecule has 0 spiro atoms. The summed E-state index contributed by atoms with van der Waals surface area (Å²) < 4.78 is 5.71. The SMILES string of the molecule is CC1CN(C(=O)CN(Cc2cccs2)C2CC2)CC(C)O1. The molecular formula is C16H24N2O2S. The molecule has 4 nitrogen and oxygen atoms in total. The molecule has 1 aliphatic heterocycles. The van der Waals surface area contributed by atoms with Crippen molar-refractivity contribution in [2.45, 2.75) is 51.5 Å². The number of morpholine rings is 1. The molecule has 1 aromatic heterocycles. The first-order valence-corrected chi connectivity index (χ1v) is 8.69. The Hall–Kier alpha value is -0.910. The van der Waals surface area contributed by atoms with E-state index in [9.17, 15) is 4.79 Å². The minimum Gasteiger partial charge on any atom is -0.372 e. The molecule has 1 amide bonds.